The van der Waals surface area contributed by atoms with Crippen molar-refractivity contribution in [2.75, 3.05) is 33.4 Å². The molecule has 1 fully saturated rings. The minimum absolute atomic E-state index is 0.145. The average Bonchev–Trinajstić information content (AvgIpc) is 2.39. The van der Waals surface area contributed by atoms with Gasteiger partial charge in [0.2, 0.25) is 0 Å². The highest BCUT2D eigenvalue weighted by Crippen LogP contribution is 2.29. The van der Waals surface area contributed by atoms with E-state index < -0.39 is 0 Å². The molecule has 0 bridgehead atoms. The Labute approximate surface area is 103 Å². The van der Waals surface area contributed by atoms with Crippen molar-refractivity contribution in [2.45, 2.75) is 19.4 Å². The van der Waals surface area contributed by atoms with Gasteiger partial charge in [0.15, 0.2) is 0 Å². The summed E-state index contributed by atoms with van der Waals surface area (Å²) in [5.41, 5.74) is 1.16. The van der Waals surface area contributed by atoms with Gasteiger partial charge in [0.25, 0.3) is 0 Å². The predicted octanol–water partition coefficient (Wildman–Crippen LogP) is 2.48. The minimum Gasteiger partial charge on any atom is -0.496 e. The second-order valence-electron chi connectivity index (χ2n) is 4.40. The number of nitrogens with zero attached hydrogens (tertiary/aromatic N) is 1. The number of benzene rings is 1. The van der Waals surface area contributed by atoms with Gasteiger partial charge in [-0.05, 0) is 19.0 Å². The molecule has 0 amide bonds. The Morgan fingerprint density at radius 2 is 2.24 bits per heavy atom. The van der Waals surface area contributed by atoms with Gasteiger partial charge in [-0.25, -0.2) is 0 Å². The van der Waals surface area contributed by atoms with Gasteiger partial charge >= 0.3 is 0 Å². The molecule has 17 heavy (non-hydrogen) atoms. The van der Waals surface area contributed by atoms with Gasteiger partial charge in [0, 0.05) is 18.7 Å². The summed E-state index contributed by atoms with van der Waals surface area (Å²) in [6.07, 6.45) is 1.34. The van der Waals surface area contributed by atoms with Crippen molar-refractivity contribution < 1.29 is 9.47 Å². The summed E-state index contributed by atoms with van der Waals surface area (Å²) < 4.78 is 11.3. The lowest BCUT2D eigenvalue weighted by atomic mass is 10.1. The lowest BCUT2D eigenvalue weighted by Gasteiger charge is -2.33. The van der Waals surface area contributed by atoms with Crippen LogP contribution in [0.4, 0.5) is 0 Å². The monoisotopic (exact) mass is 235 g/mol. The van der Waals surface area contributed by atoms with Crippen LogP contribution >= 0.6 is 0 Å². The summed E-state index contributed by atoms with van der Waals surface area (Å²) in [7, 11) is 1.71. The number of rotatable bonds is 4. The molecule has 2 rings (SSSR count). The second kappa shape index (κ2) is 6.03. The first-order chi connectivity index (χ1) is 8.35. The maximum atomic E-state index is 5.86. The van der Waals surface area contributed by atoms with E-state index in [0.29, 0.717) is 0 Å². The highest BCUT2D eigenvalue weighted by molar-refractivity contribution is 5.35. The summed E-state index contributed by atoms with van der Waals surface area (Å²) in [6.45, 7) is 6.18. The molecule has 0 unspecified atom stereocenters. The lowest BCUT2D eigenvalue weighted by molar-refractivity contribution is -0.0307. The van der Waals surface area contributed by atoms with Crippen LogP contribution in [0.3, 0.4) is 0 Å². The molecule has 0 radical (unpaired) electrons. The molecule has 1 saturated heterocycles. The molecule has 94 valence electrons. The van der Waals surface area contributed by atoms with Crippen molar-refractivity contribution in [3.8, 4) is 5.75 Å². The van der Waals surface area contributed by atoms with Gasteiger partial charge in [0.05, 0.1) is 19.8 Å². The first-order valence-electron chi connectivity index (χ1n) is 6.32. The van der Waals surface area contributed by atoms with Gasteiger partial charge in [0.1, 0.15) is 5.75 Å². The summed E-state index contributed by atoms with van der Waals surface area (Å²) >= 11 is 0. The molecular weight excluding hydrogens is 214 g/mol. The van der Waals surface area contributed by atoms with Crippen LogP contribution in [0.5, 0.6) is 5.75 Å². The van der Waals surface area contributed by atoms with Crippen molar-refractivity contribution >= 4 is 0 Å². The molecule has 1 atom stereocenters. The third kappa shape index (κ3) is 2.99. The molecule has 0 spiro atoms. The van der Waals surface area contributed by atoms with Crippen LogP contribution < -0.4 is 4.74 Å². The van der Waals surface area contributed by atoms with Crippen molar-refractivity contribution in [3.05, 3.63) is 29.8 Å². The Morgan fingerprint density at radius 3 is 3.00 bits per heavy atom. The summed E-state index contributed by atoms with van der Waals surface area (Å²) in [4.78, 5) is 2.46. The highest BCUT2D eigenvalue weighted by atomic mass is 16.5. The Balaban J connectivity index is 2.10. The molecule has 0 N–H and O–H groups in total. The topological polar surface area (TPSA) is 21.7 Å². The molecule has 3 heteroatoms. The van der Waals surface area contributed by atoms with E-state index in [1.54, 1.807) is 7.11 Å². The average molecular weight is 235 g/mol. The molecule has 1 heterocycles. The molecule has 3 nitrogen and oxygen atoms in total. The Hall–Kier alpha value is -1.06. The standard InChI is InChI=1S/C14H21NO2/c1-3-8-15-9-10-17-14(11-15)12-6-4-5-7-13(12)16-2/h4-7,14H,3,8-11H2,1-2H3/t14-/m0/s1. The van der Waals surface area contributed by atoms with Crippen LogP contribution in [-0.2, 0) is 4.74 Å². The molecule has 0 saturated carbocycles. The number of hydrogen-bond donors (Lipinski definition) is 0. The van der Waals surface area contributed by atoms with Crippen molar-refractivity contribution in [2.24, 2.45) is 0 Å². The smallest absolute Gasteiger partial charge is 0.124 e. The fourth-order valence-electron chi connectivity index (χ4n) is 2.34. The third-order valence-corrected chi connectivity index (χ3v) is 3.18. The van der Waals surface area contributed by atoms with E-state index >= 15 is 0 Å². The highest BCUT2D eigenvalue weighted by Gasteiger charge is 2.23. The maximum absolute atomic E-state index is 5.86. The van der Waals surface area contributed by atoms with Crippen molar-refractivity contribution in [1.82, 2.24) is 4.90 Å². The van der Waals surface area contributed by atoms with Gasteiger partial charge < -0.3 is 9.47 Å². The number of ether oxygens (including phenoxy) is 2. The zero-order valence-corrected chi connectivity index (χ0v) is 10.7. The van der Waals surface area contributed by atoms with Crippen molar-refractivity contribution in [3.63, 3.8) is 0 Å². The van der Waals surface area contributed by atoms with Gasteiger partial charge in [-0.3, -0.25) is 4.90 Å². The number of morpholine rings is 1. The largest absolute Gasteiger partial charge is 0.496 e. The quantitative estimate of drug-likeness (QED) is 0.800. The van der Waals surface area contributed by atoms with Crippen LogP contribution in [-0.4, -0.2) is 38.3 Å². The van der Waals surface area contributed by atoms with Gasteiger partial charge in [-0.2, -0.15) is 0 Å². The molecule has 1 aromatic carbocycles. The predicted molar refractivity (Wildman–Crippen MR) is 68.4 cm³/mol. The normalized spacial score (nSPS) is 21.4. The molecule has 1 aliphatic rings. The van der Waals surface area contributed by atoms with E-state index in [2.05, 4.69) is 17.9 Å². The fraction of sp³-hybridized carbons (Fsp3) is 0.571. The van der Waals surface area contributed by atoms with E-state index in [1.807, 2.05) is 18.2 Å². The van der Waals surface area contributed by atoms with Gasteiger partial charge in [-0.1, -0.05) is 25.1 Å². The Bertz CT molecular complexity index is 352. The van der Waals surface area contributed by atoms with Gasteiger partial charge in [-0.15, -0.1) is 0 Å². The first-order valence-corrected chi connectivity index (χ1v) is 6.32. The van der Waals surface area contributed by atoms with Crippen LogP contribution in [0, 0.1) is 0 Å². The van der Waals surface area contributed by atoms with E-state index in [-0.39, 0.29) is 6.10 Å². The van der Waals surface area contributed by atoms with E-state index in [1.165, 1.54) is 6.42 Å². The van der Waals surface area contributed by atoms with E-state index in [0.717, 1.165) is 37.6 Å². The lowest BCUT2D eigenvalue weighted by Crippen LogP contribution is -2.38. The molecule has 1 aromatic rings. The summed E-state index contributed by atoms with van der Waals surface area (Å²) in [6, 6.07) is 8.13. The van der Waals surface area contributed by atoms with Crippen LogP contribution in [0.25, 0.3) is 0 Å². The molecule has 0 aliphatic carbocycles. The van der Waals surface area contributed by atoms with E-state index in [9.17, 15) is 0 Å². The second-order valence-corrected chi connectivity index (χ2v) is 4.40. The zero-order chi connectivity index (χ0) is 12.1. The zero-order valence-electron chi connectivity index (χ0n) is 10.7. The first kappa shape index (κ1) is 12.4. The van der Waals surface area contributed by atoms with E-state index in [4.69, 9.17) is 9.47 Å². The van der Waals surface area contributed by atoms with Crippen LogP contribution in [0.2, 0.25) is 0 Å². The van der Waals surface area contributed by atoms with Crippen LogP contribution in [0.1, 0.15) is 25.0 Å². The third-order valence-electron chi connectivity index (χ3n) is 3.18. The summed E-state index contributed by atoms with van der Waals surface area (Å²) in [5.74, 6) is 0.927. The number of methoxy groups -OCH3 is 1. The Kier molecular flexibility index (Phi) is 4.40. The number of hydrogen-bond acceptors (Lipinski definition) is 3. The SMILES string of the molecule is CCCN1CCO[C@H](c2ccccc2OC)C1. The molecule has 1 aliphatic heterocycles. The Morgan fingerprint density at radius 1 is 1.41 bits per heavy atom. The molecular formula is C14H21NO2. The summed E-state index contributed by atoms with van der Waals surface area (Å²) in [5, 5.41) is 0. The number of para-hydroxylation sites is 1. The minimum atomic E-state index is 0.145. The van der Waals surface area contributed by atoms with Crippen LogP contribution in [0.15, 0.2) is 24.3 Å². The van der Waals surface area contributed by atoms with Crippen molar-refractivity contribution in [1.29, 1.82) is 0 Å². The molecule has 0 aromatic heterocycles. The maximum Gasteiger partial charge on any atom is 0.124 e. The fourth-order valence-corrected chi connectivity index (χ4v) is 2.34.